The molecule has 0 saturated carbocycles. The molecule has 1 unspecified atom stereocenters. The van der Waals surface area contributed by atoms with Crippen LogP contribution in [0.15, 0.2) is 72.9 Å². The van der Waals surface area contributed by atoms with E-state index in [9.17, 15) is 14.4 Å². The van der Waals surface area contributed by atoms with Crippen molar-refractivity contribution in [2.45, 2.75) is 367 Å². The van der Waals surface area contributed by atoms with Gasteiger partial charge in [-0.1, -0.05) is 338 Å². The van der Waals surface area contributed by atoms with Crippen molar-refractivity contribution in [3.05, 3.63) is 72.9 Å². The van der Waals surface area contributed by atoms with Crippen molar-refractivity contribution >= 4 is 17.9 Å². The van der Waals surface area contributed by atoms with Gasteiger partial charge < -0.3 is 14.2 Å². The standard InChI is InChI=1S/C74H132O6/c1-4-7-10-13-16-19-22-24-26-28-29-30-31-32-33-34-35-36-37-38-39-40-41-42-43-44-45-47-48-50-52-55-58-61-64-67-73(76)79-70-71(69-78-72(75)66-63-60-57-54-21-18-15-12-9-6-3)80-74(77)68-65-62-59-56-53-51-49-46-27-25-23-20-17-14-11-8-5-2/h8,11-12,15,17,20,25,27,49,51,56,59,71H,4-7,9-10,13-14,16,18-19,21-24,26,28-48,50,52-55,57-58,60-70H2,1-3H3/b11-8-,15-12-,20-17-,27-25-,51-49-,59-56-. The second kappa shape index (κ2) is 68.3. The Kier molecular flexibility index (Phi) is 65.7. The zero-order chi connectivity index (χ0) is 57.8. The fraction of sp³-hybridized carbons (Fsp3) is 0.797. The highest BCUT2D eigenvalue weighted by Crippen LogP contribution is 2.18. The SMILES string of the molecule is CC/C=C\C/C=C\C/C=C\C/C=C\C/C=C\CCCC(=O)OC(COC(=O)CCCCCCC/C=C\CCC)COC(=O)CCCCCCCCCCCCCCCCCCCCCCCCCCCCCCCCCCCCC. The Morgan fingerprint density at radius 3 is 0.863 bits per heavy atom. The number of hydrogen-bond donors (Lipinski definition) is 0. The van der Waals surface area contributed by atoms with Crippen LogP contribution in [-0.4, -0.2) is 37.2 Å². The van der Waals surface area contributed by atoms with Gasteiger partial charge in [0.05, 0.1) is 0 Å². The van der Waals surface area contributed by atoms with Crippen LogP contribution in [0.2, 0.25) is 0 Å². The lowest BCUT2D eigenvalue weighted by atomic mass is 10.0. The first-order valence-corrected chi connectivity index (χ1v) is 34.9. The van der Waals surface area contributed by atoms with Crippen molar-refractivity contribution < 1.29 is 28.6 Å². The van der Waals surface area contributed by atoms with E-state index in [0.717, 1.165) is 96.3 Å². The first-order valence-electron chi connectivity index (χ1n) is 34.9. The number of allylic oxidation sites excluding steroid dienone is 12. The van der Waals surface area contributed by atoms with Gasteiger partial charge in [-0.05, 0) is 77.0 Å². The number of hydrogen-bond acceptors (Lipinski definition) is 6. The van der Waals surface area contributed by atoms with Crippen LogP contribution in [0.5, 0.6) is 0 Å². The number of esters is 3. The minimum atomic E-state index is -0.808. The molecule has 0 rings (SSSR count). The summed E-state index contributed by atoms with van der Waals surface area (Å²) in [5.41, 5.74) is 0. The second-order valence-electron chi connectivity index (χ2n) is 23.4. The molecule has 1 atom stereocenters. The molecule has 0 bridgehead atoms. The van der Waals surface area contributed by atoms with E-state index in [2.05, 4.69) is 93.7 Å². The van der Waals surface area contributed by atoms with Gasteiger partial charge in [0.15, 0.2) is 6.10 Å². The van der Waals surface area contributed by atoms with Gasteiger partial charge in [0.1, 0.15) is 13.2 Å². The summed E-state index contributed by atoms with van der Waals surface area (Å²) < 4.78 is 16.8. The Labute approximate surface area is 497 Å². The third kappa shape index (κ3) is 65.7. The average Bonchev–Trinajstić information content (AvgIpc) is 3.46. The Balaban J connectivity index is 4.05. The van der Waals surface area contributed by atoms with Gasteiger partial charge in [0, 0.05) is 19.3 Å². The van der Waals surface area contributed by atoms with Crippen molar-refractivity contribution in [3.63, 3.8) is 0 Å². The Morgan fingerprint density at radius 1 is 0.263 bits per heavy atom. The molecule has 0 heterocycles. The fourth-order valence-electron chi connectivity index (χ4n) is 10.3. The van der Waals surface area contributed by atoms with E-state index in [1.807, 2.05) is 0 Å². The predicted octanol–water partition coefficient (Wildman–Crippen LogP) is 24.1. The summed E-state index contributed by atoms with van der Waals surface area (Å²) in [4.78, 5) is 38.2. The molecular formula is C74H132O6. The number of ether oxygens (including phenoxy) is 3. The van der Waals surface area contributed by atoms with E-state index in [4.69, 9.17) is 14.2 Å². The molecule has 0 aromatic rings. The molecule has 0 fully saturated rings. The smallest absolute Gasteiger partial charge is 0.306 e. The Bertz CT molecular complexity index is 1470. The van der Waals surface area contributed by atoms with Crippen LogP contribution >= 0.6 is 0 Å². The van der Waals surface area contributed by atoms with Gasteiger partial charge in [0.25, 0.3) is 0 Å². The van der Waals surface area contributed by atoms with Crippen LogP contribution in [-0.2, 0) is 28.6 Å². The maximum Gasteiger partial charge on any atom is 0.306 e. The van der Waals surface area contributed by atoms with Crippen LogP contribution in [0.1, 0.15) is 361 Å². The summed E-state index contributed by atoms with van der Waals surface area (Å²) in [5, 5.41) is 0. The van der Waals surface area contributed by atoms with E-state index >= 15 is 0 Å². The molecule has 6 heteroatoms. The summed E-state index contributed by atoms with van der Waals surface area (Å²) in [6.45, 7) is 6.45. The van der Waals surface area contributed by atoms with Crippen molar-refractivity contribution in [1.82, 2.24) is 0 Å². The third-order valence-electron chi connectivity index (χ3n) is 15.4. The highest BCUT2D eigenvalue weighted by atomic mass is 16.6. The van der Waals surface area contributed by atoms with E-state index in [1.165, 1.54) is 218 Å². The number of carbonyl (C=O) groups excluding carboxylic acids is 3. The largest absolute Gasteiger partial charge is 0.462 e. The molecule has 464 valence electrons. The quantitative estimate of drug-likeness (QED) is 0.0261. The van der Waals surface area contributed by atoms with Crippen molar-refractivity contribution in [2.75, 3.05) is 13.2 Å². The Hall–Kier alpha value is -3.15. The summed E-state index contributed by atoms with van der Waals surface area (Å²) in [7, 11) is 0. The lowest BCUT2D eigenvalue weighted by molar-refractivity contribution is -0.167. The molecule has 0 aliphatic carbocycles. The molecule has 0 radical (unpaired) electrons. The van der Waals surface area contributed by atoms with Gasteiger partial charge in [-0.2, -0.15) is 0 Å². The van der Waals surface area contributed by atoms with Crippen LogP contribution in [0, 0.1) is 0 Å². The highest BCUT2D eigenvalue weighted by Gasteiger charge is 2.19. The molecule has 0 aliphatic rings. The second-order valence-corrected chi connectivity index (χ2v) is 23.4. The van der Waals surface area contributed by atoms with E-state index in [1.54, 1.807) is 0 Å². The number of carbonyl (C=O) groups is 3. The third-order valence-corrected chi connectivity index (χ3v) is 15.4. The maximum atomic E-state index is 12.8. The van der Waals surface area contributed by atoms with Gasteiger partial charge in [-0.3, -0.25) is 14.4 Å². The molecule has 6 nitrogen and oxygen atoms in total. The minimum Gasteiger partial charge on any atom is -0.462 e. The number of unbranched alkanes of at least 4 members (excludes halogenated alkanes) is 41. The molecule has 0 spiro atoms. The van der Waals surface area contributed by atoms with Crippen molar-refractivity contribution in [3.8, 4) is 0 Å². The van der Waals surface area contributed by atoms with Crippen LogP contribution in [0.4, 0.5) is 0 Å². The van der Waals surface area contributed by atoms with Crippen LogP contribution in [0.3, 0.4) is 0 Å². The minimum absolute atomic E-state index is 0.0982. The molecule has 0 saturated heterocycles. The van der Waals surface area contributed by atoms with Crippen LogP contribution in [0.25, 0.3) is 0 Å². The summed E-state index contributed by atoms with van der Waals surface area (Å²) in [6, 6.07) is 0. The molecule has 0 aromatic heterocycles. The maximum absolute atomic E-state index is 12.8. The summed E-state index contributed by atoms with van der Waals surface area (Å²) in [6.07, 6.45) is 89.8. The topological polar surface area (TPSA) is 78.9 Å². The molecule has 80 heavy (non-hydrogen) atoms. The van der Waals surface area contributed by atoms with Crippen LogP contribution < -0.4 is 0 Å². The molecule has 0 aliphatic heterocycles. The molecule has 0 amide bonds. The first-order chi connectivity index (χ1) is 39.5. The van der Waals surface area contributed by atoms with E-state index in [0.29, 0.717) is 19.3 Å². The van der Waals surface area contributed by atoms with Gasteiger partial charge in [-0.25, -0.2) is 0 Å². The molecule has 0 aromatic carbocycles. The monoisotopic (exact) mass is 1120 g/mol. The zero-order valence-corrected chi connectivity index (χ0v) is 53.3. The normalized spacial score (nSPS) is 12.5. The van der Waals surface area contributed by atoms with Crippen molar-refractivity contribution in [1.29, 1.82) is 0 Å². The molecule has 0 N–H and O–H groups in total. The fourth-order valence-corrected chi connectivity index (χ4v) is 10.3. The van der Waals surface area contributed by atoms with E-state index in [-0.39, 0.29) is 37.5 Å². The first kappa shape index (κ1) is 76.9. The van der Waals surface area contributed by atoms with E-state index < -0.39 is 6.10 Å². The lowest BCUT2D eigenvalue weighted by Crippen LogP contribution is -2.30. The van der Waals surface area contributed by atoms with Gasteiger partial charge in [-0.15, -0.1) is 0 Å². The Morgan fingerprint density at radius 2 is 0.525 bits per heavy atom. The van der Waals surface area contributed by atoms with Gasteiger partial charge in [0.2, 0.25) is 0 Å². The lowest BCUT2D eigenvalue weighted by Gasteiger charge is -2.18. The number of rotatable bonds is 64. The summed E-state index contributed by atoms with van der Waals surface area (Å²) in [5.74, 6) is -0.955. The zero-order valence-electron chi connectivity index (χ0n) is 53.3. The molecular weight excluding hydrogens is 985 g/mol. The highest BCUT2D eigenvalue weighted by molar-refractivity contribution is 5.71. The average molecular weight is 1120 g/mol. The predicted molar refractivity (Wildman–Crippen MR) is 348 cm³/mol. The van der Waals surface area contributed by atoms with Crippen molar-refractivity contribution in [2.24, 2.45) is 0 Å². The summed E-state index contributed by atoms with van der Waals surface area (Å²) >= 11 is 0. The van der Waals surface area contributed by atoms with Gasteiger partial charge >= 0.3 is 17.9 Å².